The van der Waals surface area contributed by atoms with E-state index in [1.807, 2.05) is 13.8 Å². The van der Waals surface area contributed by atoms with Crippen LogP contribution < -0.4 is 10.6 Å². The van der Waals surface area contributed by atoms with E-state index in [-0.39, 0.29) is 23.9 Å². The lowest BCUT2D eigenvalue weighted by Gasteiger charge is -2.40. The molecule has 0 bridgehead atoms. The third-order valence-corrected chi connectivity index (χ3v) is 3.55. The molecule has 1 rings (SSSR count). The molecule has 0 aromatic carbocycles. The van der Waals surface area contributed by atoms with Gasteiger partial charge in [0.2, 0.25) is 0 Å². The lowest BCUT2D eigenvalue weighted by molar-refractivity contribution is -0.141. The molecule has 1 aliphatic carbocycles. The lowest BCUT2D eigenvalue weighted by Crippen LogP contribution is -2.48. The zero-order chi connectivity index (χ0) is 12.9. The van der Waals surface area contributed by atoms with Crippen LogP contribution in [0.5, 0.6) is 0 Å². The van der Waals surface area contributed by atoms with Crippen molar-refractivity contribution < 1.29 is 14.7 Å². The molecule has 0 aliphatic heterocycles. The van der Waals surface area contributed by atoms with Crippen LogP contribution in [0.15, 0.2) is 0 Å². The molecule has 1 unspecified atom stereocenters. The van der Waals surface area contributed by atoms with Crippen molar-refractivity contribution in [2.24, 2.45) is 5.41 Å². The van der Waals surface area contributed by atoms with Crippen molar-refractivity contribution >= 4 is 12.0 Å². The van der Waals surface area contributed by atoms with Crippen LogP contribution in [0.2, 0.25) is 0 Å². The standard InChI is InChI=1S/C12H22N2O3/c1-3-9(2)14-11(17)13-8-12(5-4-6-12)7-10(15)16/h9H,3-8H2,1-2H3,(H,15,16)(H2,13,14,17). The minimum Gasteiger partial charge on any atom is -0.481 e. The number of aliphatic carboxylic acids is 1. The molecule has 0 aromatic heterocycles. The predicted octanol–water partition coefficient (Wildman–Crippen LogP) is 1.73. The SMILES string of the molecule is CCC(C)NC(=O)NCC1(CC(=O)O)CCC1. The van der Waals surface area contributed by atoms with Crippen molar-refractivity contribution in [3.05, 3.63) is 0 Å². The van der Waals surface area contributed by atoms with Gasteiger partial charge in [0.1, 0.15) is 0 Å². The number of carbonyl (C=O) groups is 2. The summed E-state index contributed by atoms with van der Waals surface area (Å²) in [5.74, 6) is -0.783. The summed E-state index contributed by atoms with van der Waals surface area (Å²) >= 11 is 0. The fourth-order valence-electron chi connectivity index (χ4n) is 2.06. The molecule has 3 N–H and O–H groups in total. The number of amides is 2. The average molecular weight is 242 g/mol. The molecule has 5 nitrogen and oxygen atoms in total. The molecule has 0 aromatic rings. The van der Waals surface area contributed by atoms with Crippen LogP contribution in [-0.4, -0.2) is 29.7 Å². The van der Waals surface area contributed by atoms with E-state index in [2.05, 4.69) is 10.6 Å². The van der Waals surface area contributed by atoms with Crippen molar-refractivity contribution in [1.82, 2.24) is 10.6 Å². The summed E-state index contributed by atoms with van der Waals surface area (Å²) < 4.78 is 0. The number of carbonyl (C=O) groups excluding carboxylic acids is 1. The van der Waals surface area contributed by atoms with Gasteiger partial charge in [-0.25, -0.2) is 4.79 Å². The maximum atomic E-state index is 11.5. The molecule has 0 radical (unpaired) electrons. The molecular weight excluding hydrogens is 220 g/mol. The van der Waals surface area contributed by atoms with E-state index in [1.54, 1.807) is 0 Å². The largest absolute Gasteiger partial charge is 0.481 e. The summed E-state index contributed by atoms with van der Waals surface area (Å²) in [6, 6.07) is -0.0529. The summed E-state index contributed by atoms with van der Waals surface area (Å²) in [6.07, 6.45) is 3.87. The van der Waals surface area contributed by atoms with E-state index in [0.717, 1.165) is 25.7 Å². The van der Waals surface area contributed by atoms with Gasteiger partial charge in [0.05, 0.1) is 6.42 Å². The van der Waals surface area contributed by atoms with Gasteiger partial charge in [-0.2, -0.15) is 0 Å². The van der Waals surface area contributed by atoms with Gasteiger partial charge in [0, 0.05) is 12.6 Å². The molecule has 17 heavy (non-hydrogen) atoms. The summed E-state index contributed by atoms with van der Waals surface area (Å²) in [7, 11) is 0. The van der Waals surface area contributed by atoms with Gasteiger partial charge in [-0.05, 0) is 31.6 Å². The highest BCUT2D eigenvalue weighted by atomic mass is 16.4. The minimum absolute atomic E-state index is 0.145. The van der Waals surface area contributed by atoms with E-state index < -0.39 is 5.97 Å². The van der Waals surface area contributed by atoms with E-state index in [0.29, 0.717) is 6.54 Å². The molecule has 0 saturated heterocycles. The second-order valence-electron chi connectivity index (χ2n) is 5.06. The number of carboxylic acids is 1. The van der Waals surface area contributed by atoms with Crippen LogP contribution in [0.3, 0.4) is 0 Å². The van der Waals surface area contributed by atoms with Crippen LogP contribution in [0.4, 0.5) is 4.79 Å². The first kappa shape index (κ1) is 13.8. The third-order valence-electron chi connectivity index (χ3n) is 3.55. The Bertz CT molecular complexity index is 287. The van der Waals surface area contributed by atoms with Crippen molar-refractivity contribution in [3.8, 4) is 0 Å². The molecule has 98 valence electrons. The first-order chi connectivity index (χ1) is 7.97. The predicted molar refractivity (Wildman–Crippen MR) is 64.8 cm³/mol. The third kappa shape index (κ3) is 4.24. The fraction of sp³-hybridized carbons (Fsp3) is 0.833. The van der Waals surface area contributed by atoms with Gasteiger partial charge >= 0.3 is 12.0 Å². The normalized spacial score (nSPS) is 18.9. The Balaban J connectivity index is 2.32. The minimum atomic E-state index is -0.783. The average Bonchev–Trinajstić information content (AvgIpc) is 2.21. The first-order valence-electron chi connectivity index (χ1n) is 6.23. The maximum Gasteiger partial charge on any atom is 0.315 e. The van der Waals surface area contributed by atoms with Crippen LogP contribution in [-0.2, 0) is 4.79 Å². The smallest absolute Gasteiger partial charge is 0.315 e. The van der Waals surface area contributed by atoms with Crippen molar-refractivity contribution in [2.45, 2.75) is 52.0 Å². The van der Waals surface area contributed by atoms with E-state index in [1.165, 1.54) is 0 Å². The van der Waals surface area contributed by atoms with Crippen LogP contribution in [0.1, 0.15) is 46.0 Å². The van der Waals surface area contributed by atoms with Crippen molar-refractivity contribution in [3.63, 3.8) is 0 Å². The summed E-state index contributed by atoms with van der Waals surface area (Å²) in [5.41, 5.74) is -0.210. The second kappa shape index (κ2) is 5.89. The lowest BCUT2D eigenvalue weighted by atomic mass is 9.66. The molecule has 1 atom stereocenters. The van der Waals surface area contributed by atoms with E-state index >= 15 is 0 Å². The number of nitrogens with one attached hydrogen (secondary N) is 2. The highest BCUT2D eigenvalue weighted by Gasteiger charge is 2.39. The fourth-order valence-corrected chi connectivity index (χ4v) is 2.06. The number of urea groups is 1. The van der Waals surface area contributed by atoms with Crippen LogP contribution >= 0.6 is 0 Å². The molecule has 0 heterocycles. The van der Waals surface area contributed by atoms with Gasteiger partial charge in [0.15, 0.2) is 0 Å². The molecule has 1 saturated carbocycles. The Morgan fingerprint density at radius 2 is 2.06 bits per heavy atom. The Morgan fingerprint density at radius 1 is 1.41 bits per heavy atom. The van der Waals surface area contributed by atoms with Gasteiger partial charge in [-0.15, -0.1) is 0 Å². The molecular formula is C12H22N2O3. The molecule has 1 fully saturated rings. The number of carboxylic acid groups (broad SMARTS) is 1. The molecule has 5 heteroatoms. The molecule has 0 spiro atoms. The monoisotopic (exact) mass is 242 g/mol. The Labute approximate surface area is 102 Å². The van der Waals surface area contributed by atoms with Crippen LogP contribution in [0, 0.1) is 5.41 Å². The molecule has 2 amide bonds. The van der Waals surface area contributed by atoms with Gasteiger partial charge in [-0.3, -0.25) is 4.79 Å². The van der Waals surface area contributed by atoms with Crippen molar-refractivity contribution in [2.75, 3.05) is 6.54 Å². The topological polar surface area (TPSA) is 78.4 Å². The van der Waals surface area contributed by atoms with E-state index in [9.17, 15) is 9.59 Å². The van der Waals surface area contributed by atoms with Gasteiger partial charge < -0.3 is 15.7 Å². The zero-order valence-corrected chi connectivity index (χ0v) is 10.6. The summed E-state index contributed by atoms with van der Waals surface area (Å²) in [6.45, 7) is 4.40. The van der Waals surface area contributed by atoms with E-state index in [4.69, 9.17) is 5.11 Å². The highest BCUT2D eigenvalue weighted by Crippen LogP contribution is 2.43. The Hall–Kier alpha value is -1.26. The number of rotatable bonds is 6. The summed E-state index contributed by atoms with van der Waals surface area (Å²) in [5, 5.41) is 14.4. The van der Waals surface area contributed by atoms with Crippen molar-refractivity contribution in [1.29, 1.82) is 0 Å². The van der Waals surface area contributed by atoms with Gasteiger partial charge in [-0.1, -0.05) is 13.3 Å². The maximum absolute atomic E-state index is 11.5. The first-order valence-corrected chi connectivity index (χ1v) is 6.23. The zero-order valence-electron chi connectivity index (χ0n) is 10.6. The second-order valence-corrected chi connectivity index (χ2v) is 5.06. The highest BCUT2D eigenvalue weighted by molar-refractivity contribution is 5.74. The Kier molecular flexibility index (Phi) is 4.78. The molecule has 1 aliphatic rings. The number of hydrogen-bond donors (Lipinski definition) is 3. The summed E-state index contributed by atoms with van der Waals surface area (Å²) in [4.78, 5) is 22.3. The quantitative estimate of drug-likeness (QED) is 0.663. The van der Waals surface area contributed by atoms with Crippen LogP contribution in [0.25, 0.3) is 0 Å². The Morgan fingerprint density at radius 3 is 2.47 bits per heavy atom. The van der Waals surface area contributed by atoms with Gasteiger partial charge in [0.25, 0.3) is 0 Å². The number of hydrogen-bond acceptors (Lipinski definition) is 2.